The lowest BCUT2D eigenvalue weighted by molar-refractivity contribution is 0.614. The van der Waals surface area contributed by atoms with E-state index < -0.39 is 0 Å². The zero-order valence-corrected chi connectivity index (χ0v) is 10.7. The molecule has 100 valence electrons. The number of rotatable bonds is 6. The SMILES string of the molecule is CNCCNc1cnn(Cc2ncccn2)c(=O)c1. The van der Waals surface area contributed by atoms with E-state index in [0.29, 0.717) is 11.5 Å². The zero-order valence-electron chi connectivity index (χ0n) is 10.7. The van der Waals surface area contributed by atoms with Crippen LogP contribution in [0.25, 0.3) is 0 Å². The summed E-state index contributed by atoms with van der Waals surface area (Å²) in [5.41, 5.74) is 0.535. The summed E-state index contributed by atoms with van der Waals surface area (Å²) in [6, 6.07) is 3.25. The lowest BCUT2D eigenvalue weighted by Crippen LogP contribution is -2.25. The van der Waals surface area contributed by atoms with Crippen LogP contribution in [0.15, 0.2) is 35.5 Å². The second-order valence-electron chi connectivity index (χ2n) is 3.94. The summed E-state index contributed by atoms with van der Waals surface area (Å²) in [5.74, 6) is 0.563. The molecule has 7 nitrogen and oxygen atoms in total. The van der Waals surface area contributed by atoms with E-state index in [-0.39, 0.29) is 12.1 Å². The predicted molar refractivity (Wildman–Crippen MR) is 72.0 cm³/mol. The van der Waals surface area contributed by atoms with Gasteiger partial charge in [-0.15, -0.1) is 0 Å². The van der Waals surface area contributed by atoms with Gasteiger partial charge in [0.25, 0.3) is 5.56 Å². The average molecular weight is 260 g/mol. The highest BCUT2D eigenvalue weighted by atomic mass is 16.1. The highest BCUT2D eigenvalue weighted by Gasteiger charge is 2.02. The van der Waals surface area contributed by atoms with Crippen molar-refractivity contribution >= 4 is 5.69 Å². The minimum atomic E-state index is -0.179. The van der Waals surface area contributed by atoms with Gasteiger partial charge in [-0.25, -0.2) is 14.6 Å². The van der Waals surface area contributed by atoms with Gasteiger partial charge in [0.15, 0.2) is 0 Å². The number of hydrogen-bond donors (Lipinski definition) is 2. The number of likely N-dealkylation sites (N-methyl/N-ethyl adjacent to an activating group) is 1. The average Bonchev–Trinajstić information content (AvgIpc) is 2.43. The summed E-state index contributed by atoms with van der Waals surface area (Å²) >= 11 is 0. The topological polar surface area (TPSA) is 84.7 Å². The van der Waals surface area contributed by atoms with E-state index in [0.717, 1.165) is 13.1 Å². The van der Waals surface area contributed by atoms with Crippen molar-refractivity contribution < 1.29 is 0 Å². The molecule has 0 aliphatic heterocycles. The largest absolute Gasteiger partial charge is 0.382 e. The van der Waals surface area contributed by atoms with E-state index >= 15 is 0 Å². The van der Waals surface area contributed by atoms with E-state index in [4.69, 9.17) is 0 Å². The van der Waals surface area contributed by atoms with Crippen molar-refractivity contribution in [3.63, 3.8) is 0 Å². The minimum absolute atomic E-state index is 0.179. The van der Waals surface area contributed by atoms with Crippen LogP contribution < -0.4 is 16.2 Å². The van der Waals surface area contributed by atoms with Gasteiger partial charge in [0.1, 0.15) is 12.4 Å². The fraction of sp³-hybridized carbons (Fsp3) is 0.333. The Bertz CT molecular complexity index is 568. The fourth-order valence-electron chi connectivity index (χ4n) is 1.53. The van der Waals surface area contributed by atoms with Gasteiger partial charge in [0.2, 0.25) is 0 Å². The van der Waals surface area contributed by atoms with E-state index in [1.54, 1.807) is 24.7 Å². The third-order valence-electron chi connectivity index (χ3n) is 2.48. The minimum Gasteiger partial charge on any atom is -0.382 e. The van der Waals surface area contributed by atoms with Gasteiger partial charge >= 0.3 is 0 Å². The molecule has 0 bridgehead atoms. The van der Waals surface area contributed by atoms with Crippen LogP contribution in [0.1, 0.15) is 5.82 Å². The van der Waals surface area contributed by atoms with Crippen molar-refractivity contribution in [1.29, 1.82) is 0 Å². The molecule has 2 rings (SSSR count). The molecule has 7 heteroatoms. The lowest BCUT2D eigenvalue weighted by Gasteiger charge is -2.07. The summed E-state index contributed by atoms with van der Waals surface area (Å²) in [6.45, 7) is 1.83. The molecule has 0 unspecified atom stereocenters. The highest BCUT2D eigenvalue weighted by Crippen LogP contribution is 1.99. The first-order valence-electron chi connectivity index (χ1n) is 6.01. The van der Waals surface area contributed by atoms with Crippen LogP contribution in [-0.4, -0.2) is 39.9 Å². The lowest BCUT2D eigenvalue weighted by atomic mass is 10.4. The maximum absolute atomic E-state index is 11.9. The first kappa shape index (κ1) is 13.2. The van der Waals surface area contributed by atoms with Gasteiger partial charge < -0.3 is 10.6 Å². The second kappa shape index (κ2) is 6.60. The van der Waals surface area contributed by atoms with Crippen LogP contribution in [0.4, 0.5) is 5.69 Å². The Labute approximate surface area is 110 Å². The smallest absolute Gasteiger partial charge is 0.269 e. The summed E-state index contributed by atoms with van der Waals surface area (Å²) in [6.07, 6.45) is 4.90. The molecule has 2 N–H and O–H groups in total. The molecule has 19 heavy (non-hydrogen) atoms. The molecule has 0 fully saturated rings. The number of anilines is 1. The Hall–Kier alpha value is -2.28. The number of aromatic nitrogens is 4. The van der Waals surface area contributed by atoms with Gasteiger partial charge in [-0.05, 0) is 13.1 Å². The molecule has 0 amide bonds. The predicted octanol–water partition coefficient (Wildman–Crippen LogP) is -0.287. The van der Waals surface area contributed by atoms with Crippen LogP contribution in [0.5, 0.6) is 0 Å². The molecule has 0 aliphatic carbocycles. The molecule has 0 atom stereocenters. The van der Waals surface area contributed by atoms with Crippen LogP contribution in [0, 0.1) is 0 Å². The standard InChI is InChI=1S/C12H16N6O/c1-13-5-6-14-10-7-12(19)18(17-8-10)9-11-15-3-2-4-16-11/h2-4,7-8,13-14H,5-6,9H2,1H3. The Morgan fingerprint density at radius 2 is 2.05 bits per heavy atom. The molecule has 0 aliphatic rings. The van der Waals surface area contributed by atoms with Crippen LogP contribution in [-0.2, 0) is 6.54 Å². The van der Waals surface area contributed by atoms with Gasteiger partial charge in [-0.2, -0.15) is 5.10 Å². The first-order valence-corrected chi connectivity index (χ1v) is 6.01. The Morgan fingerprint density at radius 3 is 2.74 bits per heavy atom. The molecule has 0 radical (unpaired) electrons. The fourth-order valence-corrected chi connectivity index (χ4v) is 1.53. The molecule has 0 aromatic carbocycles. The van der Waals surface area contributed by atoms with Crippen LogP contribution in [0.2, 0.25) is 0 Å². The van der Waals surface area contributed by atoms with Gasteiger partial charge in [-0.3, -0.25) is 4.79 Å². The number of hydrogen-bond acceptors (Lipinski definition) is 6. The van der Waals surface area contributed by atoms with E-state index in [1.165, 1.54) is 10.7 Å². The number of nitrogens with one attached hydrogen (secondary N) is 2. The van der Waals surface area contributed by atoms with Gasteiger partial charge in [0.05, 0.1) is 11.9 Å². The quantitative estimate of drug-likeness (QED) is 0.694. The van der Waals surface area contributed by atoms with Crippen molar-refractivity contribution in [2.75, 3.05) is 25.5 Å². The molecule has 0 saturated heterocycles. The summed E-state index contributed by atoms with van der Waals surface area (Å²) in [7, 11) is 1.87. The van der Waals surface area contributed by atoms with Crippen molar-refractivity contribution in [2.45, 2.75) is 6.54 Å². The summed E-state index contributed by atoms with van der Waals surface area (Å²) in [5, 5.41) is 10.2. The van der Waals surface area contributed by atoms with Crippen molar-refractivity contribution in [2.24, 2.45) is 0 Å². The Morgan fingerprint density at radius 1 is 1.26 bits per heavy atom. The molecule has 2 aromatic rings. The van der Waals surface area contributed by atoms with Crippen molar-refractivity contribution in [1.82, 2.24) is 25.1 Å². The second-order valence-corrected chi connectivity index (χ2v) is 3.94. The normalized spacial score (nSPS) is 10.4. The Balaban J connectivity index is 2.05. The monoisotopic (exact) mass is 260 g/mol. The third-order valence-corrected chi connectivity index (χ3v) is 2.48. The number of nitrogens with zero attached hydrogens (tertiary/aromatic N) is 4. The molecular weight excluding hydrogens is 244 g/mol. The van der Waals surface area contributed by atoms with Gasteiger partial charge in [0, 0.05) is 31.5 Å². The van der Waals surface area contributed by atoms with E-state index in [9.17, 15) is 4.79 Å². The Kier molecular flexibility index (Phi) is 4.57. The van der Waals surface area contributed by atoms with Crippen LogP contribution in [0.3, 0.4) is 0 Å². The van der Waals surface area contributed by atoms with Crippen molar-refractivity contribution in [3.8, 4) is 0 Å². The van der Waals surface area contributed by atoms with E-state index in [1.807, 2.05) is 7.05 Å². The molecular formula is C12H16N6O. The third kappa shape index (κ3) is 3.85. The van der Waals surface area contributed by atoms with Crippen LogP contribution >= 0.6 is 0 Å². The first-order chi connectivity index (χ1) is 9.29. The molecule has 0 spiro atoms. The van der Waals surface area contributed by atoms with Crippen molar-refractivity contribution in [3.05, 3.63) is 46.9 Å². The van der Waals surface area contributed by atoms with E-state index in [2.05, 4.69) is 25.7 Å². The summed E-state index contributed by atoms with van der Waals surface area (Å²) < 4.78 is 1.33. The maximum Gasteiger partial charge on any atom is 0.269 e. The highest BCUT2D eigenvalue weighted by molar-refractivity contribution is 5.38. The summed E-state index contributed by atoms with van der Waals surface area (Å²) in [4.78, 5) is 20.0. The van der Waals surface area contributed by atoms with Gasteiger partial charge in [-0.1, -0.05) is 0 Å². The molecule has 2 heterocycles. The maximum atomic E-state index is 11.9. The zero-order chi connectivity index (χ0) is 13.5. The molecule has 0 saturated carbocycles. The molecule has 2 aromatic heterocycles.